The highest BCUT2D eigenvalue weighted by Crippen LogP contribution is 2.15. The lowest BCUT2D eigenvalue weighted by Crippen LogP contribution is -2.21. The highest BCUT2D eigenvalue weighted by Gasteiger charge is 2.13. The van der Waals surface area contributed by atoms with E-state index in [0.717, 1.165) is 45.1 Å². The summed E-state index contributed by atoms with van der Waals surface area (Å²) in [6.07, 6.45) is 14.9. The van der Waals surface area contributed by atoms with Gasteiger partial charge in [-0.2, -0.15) is 0 Å². The summed E-state index contributed by atoms with van der Waals surface area (Å²) in [5, 5.41) is 11.5. The van der Waals surface area contributed by atoms with Crippen LogP contribution in [0.15, 0.2) is 0 Å². The SMILES string of the molecule is [CH2]CCCCCCCCCOC1CCCCC([O])COCC1. The Hall–Kier alpha value is -0.120. The van der Waals surface area contributed by atoms with Crippen molar-refractivity contribution in [2.45, 2.75) is 95.7 Å². The molecule has 1 aliphatic rings. The maximum Gasteiger partial charge on any atom is 0.116 e. The first kappa shape index (κ1) is 19.9. The molecule has 2 radical (unpaired) electrons. The Balaban J connectivity index is 1.96. The fourth-order valence-electron chi connectivity index (χ4n) is 2.98. The van der Waals surface area contributed by atoms with Gasteiger partial charge in [0, 0.05) is 13.2 Å². The molecule has 0 N–H and O–H groups in total. The quantitative estimate of drug-likeness (QED) is 0.526. The van der Waals surface area contributed by atoms with E-state index in [4.69, 9.17) is 9.47 Å². The maximum absolute atomic E-state index is 11.5. The minimum absolute atomic E-state index is 0.334. The van der Waals surface area contributed by atoms with Gasteiger partial charge in [-0.1, -0.05) is 64.7 Å². The summed E-state index contributed by atoms with van der Waals surface area (Å²) < 4.78 is 11.5. The summed E-state index contributed by atoms with van der Waals surface area (Å²) in [7, 11) is 0. The van der Waals surface area contributed by atoms with Crippen molar-refractivity contribution in [3.05, 3.63) is 6.92 Å². The molecule has 3 heteroatoms. The van der Waals surface area contributed by atoms with E-state index in [1.54, 1.807) is 0 Å². The van der Waals surface area contributed by atoms with Crippen molar-refractivity contribution in [3.8, 4) is 0 Å². The van der Waals surface area contributed by atoms with Gasteiger partial charge >= 0.3 is 0 Å². The van der Waals surface area contributed by atoms with Crippen molar-refractivity contribution in [1.82, 2.24) is 0 Å². The number of hydrogen-bond acceptors (Lipinski definition) is 2. The highest BCUT2D eigenvalue weighted by molar-refractivity contribution is 4.63. The molecule has 1 rings (SSSR count). The van der Waals surface area contributed by atoms with Crippen LogP contribution in [0, 0.1) is 6.92 Å². The Bertz CT molecular complexity index is 221. The smallest absolute Gasteiger partial charge is 0.116 e. The third-order valence-electron chi connectivity index (χ3n) is 4.44. The van der Waals surface area contributed by atoms with Crippen LogP contribution in [-0.2, 0) is 14.6 Å². The maximum atomic E-state index is 11.5. The summed E-state index contributed by atoms with van der Waals surface area (Å²) in [5.74, 6) is 0. The van der Waals surface area contributed by atoms with E-state index < -0.39 is 6.10 Å². The monoisotopic (exact) mass is 312 g/mol. The van der Waals surface area contributed by atoms with Crippen molar-refractivity contribution < 1.29 is 14.6 Å². The van der Waals surface area contributed by atoms with E-state index in [-0.39, 0.29) is 0 Å². The molecule has 22 heavy (non-hydrogen) atoms. The molecule has 1 heterocycles. The van der Waals surface area contributed by atoms with Crippen LogP contribution in [0.1, 0.15) is 83.5 Å². The van der Waals surface area contributed by atoms with E-state index in [1.165, 1.54) is 44.9 Å². The van der Waals surface area contributed by atoms with E-state index in [9.17, 15) is 5.11 Å². The molecule has 0 bridgehead atoms. The van der Waals surface area contributed by atoms with E-state index in [0.29, 0.717) is 19.3 Å². The second-order valence-corrected chi connectivity index (χ2v) is 6.59. The third-order valence-corrected chi connectivity index (χ3v) is 4.44. The second-order valence-electron chi connectivity index (χ2n) is 6.59. The van der Waals surface area contributed by atoms with Crippen LogP contribution in [-0.4, -0.2) is 32.0 Å². The summed E-state index contributed by atoms with van der Waals surface area (Å²) in [5.41, 5.74) is 0. The van der Waals surface area contributed by atoms with Crippen LogP contribution in [0.4, 0.5) is 0 Å². The van der Waals surface area contributed by atoms with Gasteiger partial charge < -0.3 is 9.47 Å². The van der Waals surface area contributed by atoms with E-state index >= 15 is 0 Å². The molecule has 0 aromatic rings. The molecule has 0 aromatic heterocycles. The lowest BCUT2D eigenvalue weighted by Gasteiger charge is -2.20. The summed E-state index contributed by atoms with van der Waals surface area (Å²) >= 11 is 0. The number of ether oxygens (including phenoxy) is 2. The molecule has 1 fully saturated rings. The number of unbranched alkanes of at least 4 members (excludes halogenated alkanes) is 7. The first-order valence-corrected chi connectivity index (χ1v) is 9.47. The first-order chi connectivity index (χ1) is 10.8. The van der Waals surface area contributed by atoms with Crippen molar-refractivity contribution >= 4 is 0 Å². The molecule has 2 atom stereocenters. The predicted molar refractivity (Wildman–Crippen MR) is 90.4 cm³/mol. The lowest BCUT2D eigenvalue weighted by atomic mass is 10.0. The average molecular weight is 312 g/mol. The molecule has 2 unspecified atom stereocenters. The Morgan fingerprint density at radius 1 is 0.909 bits per heavy atom. The van der Waals surface area contributed by atoms with Gasteiger partial charge in [-0.3, -0.25) is 0 Å². The van der Waals surface area contributed by atoms with Crippen LogP contribution in [0.2, 0.25) is 0 Å². The molecular formula is C19H36O3. The minimum atomic E-state index is -0.522. The van der Waals surface area contributed by atoms with Crippen LogP contribution in [0.3, 0.4) is 0 Å². The van der Waals surface area contributed by atoms with Crippen LogP contribution >= 0.6 is 0 Å². The standard InChI is InChI=1S/C19H36O3/c1-2-3-4-5-6-7-8-11-15-22-19-13-10-9-12-18(20)17-21-16-14-19/h18-19H,1-17H2. The van der Waals surface area contributed by atoms with Gasteiger partial charge in [-0.15, -0.1) is 0 Å². The summed E-state index contributed by atoms with van der Waals surface area (Å²) in [6, 6.07) is 0. The fourth-order valence-corrected chi connectivity index (χ4v) is 2.98. The lowest BCUT2D eigenvalue weighted by molar-refractivity contribution is -0.0346. The minimum Gasteiger partial charge on any atom is -0.379 e. The molecule has 0 amide bonds. The van der Waals surface area contributed by atoms with E-state index in [1.807, 2.05) is 0 Å². The van der Waals surface area contributed by atoms with Gasteiger partial charge in [0.05, 0.1) is 12.7 Å². The van der Waals surface area contributed by atoms with Gasteiger partial charge in [-0.25, -0.2) is 5.11 Å². The zero-order valence-corrected chi connectivity index (χ0v) is 14.4. The topological polar surface area (TPSA) is 38.4 Å². The van der Waals surface area contributed by atoms with Crippen LogP contribution in [0.25, 0.3) is 0 Å². The molecule has 0 aliphatic carbocycles. The fraction of sp³-hybridized carbons (Fsp3) is 0.947. The normalized spacial score (nSPS) is 24.3. The largest absolute Gasteiger partial charge is 0.379 e. The molecule has 0 aromatic carbocycles. The van der Waals surface area contributed by atoms with Gasteiger partial charge in [0.1, 0.15) is 6.10 Å². The zero-order chi connectivity index (χ0) is 15.9. The Morgan fingerprint density at radius 3 is 2.36 bits per heavy atom. The summed E-state index contributed by atoms with van der Waals surface area (Å²) in [6.45, 7) is 5.81. The van der Waals surface area contributed by atoms with Crippen molar-refractivity contribution in [2.24, 2.45) is 0 Å². The van der Waals surface area contributed by atoms with E-state index in [2.05, 4.69) is 6.92 Å². The van der Waals surface area contributed by atoms with Crippen molar-refractivity contribution in [2.75, 3.05) is 19.8 Å². The first-order valence-electron chi connectivity index (χ1n) is 9.47. The average Bonchev–Trinajstić information content (AvgIpc) is 2.53. The molecule has 1 aliphatic heterocycles. The molecule has 1 saturated heterocycles. The van der Waals surface area contributed by atoms with Gasteiger partial charge in [0.25, 0.3) is 0 Å². The third kappa shape index (κ3) is 11.4. The Labute approximate surface area is 137 Å². The molecular weight excluding hydrogens is 276 g/mol. The van der Waals surface area contributed by atoms with Crippen LogP contribution in [0.5, 0.6) is 0 Å². The Morgan fingerprint density at radius 2 is 1.59 bits per heavy atom. The second kappa shape index (κ2) is 14.5. The Kier molecular flexibility index (Phi) is 13.1. The molecule has 3 nitrogen and oxygen atoms in total. The van der Waals surface area contributed by atoms with Crippen LogP contribution < -0.4 is 0 Å². The van der Waals surface area contributed by atoms with Crippen molar-refractivity contribution in [3.63, 3.8) is 0 Å². The molecule has 0 spiro atoms. The highest BCUT2D eigenvalue weighted by atomic mass is 16.5. The molecule has 130 valence electrons. The van der Waals surface area contributed by atoms with Gasteiger partial charge in [0.2, 0.25) is 0 Å². The van der Waals surface area contributed by atoms with Gasteiger partial charge in [-0.05, 0) is 25.7 Å². The van der Waals surface area contributed by atoms with Crippen molar-refractivity contribution in [1.29, 1.82) is 0 Å². The zero-order valence-electron chi connectivity index (χ0n) is 14.4. The summed E-state index contributed by atoms with van der Waals surface area (Å²) in [4.78, 5) is 0. The predicted octanol–water partition coefficient (Wildman–Crippen LogP) is 5.11. The van der Waals surface area contributed by atoms with Gasteiger partial charge in [0.15, 0.2) is 0 Å². The number of rotatable bonds is 10. The molecule has 0 saturated carbocycles. The number of hydrogen-bond donors (Lipinski definition) is 0.